The lowest BCUT2D eigenvalue weighted by atomic mass is 9.96. The molecule has 0 heteroatoms. The molecule has 0 aromatic carbocycles. The van der Waals surface area contributed by atoms with E-state index in [1.54, 1.807) is 11.1 Å². The van der Waals surface area contributed by atoms with E-state index in [0.717, 1.165) is 23.7 Å². The number of hydrogen-bond acceptors (Lipinski definition) is 0. The summed E-state index contributed by atoms with van der Waals surface area (Å²) in [5, 5.41) is 0. The van der Waals surface area contributed by atoms with Gasteiger partial charge in [0.25, 0.3) is 0 Å². The summed E-state index contributed by atoms with van der Waals surface area (Å²) in [6.45, 7) is 13.9. The first-order valence-corrected chi connectivity index (χ1v) is 5.14. The highest BCUT2D eigenvalue weighted by atomic mass is 14.5. The molecule has 1 aliphatic carbocycles. The Labute approximate surface area is 77.1 Å². The van der Waals surface area contributed by atoms with Gasteiger partial charge in [0.05, 0.1) is 0 Å². The molecule has 0 aromatic rings. The highest BCUT2D eigenvalue weighted by molar-refractivity contribution is 5.22. The Morgan fingerprint density at radius 3 is 1.67 bits per heavy atom. The summed E-state index contributed by atoms with van der Waals surface area (Å²) in [6.07, 6.45) is 0. The van der Waals surface area contributed by atoms with Crippen molar-refractivity contribution in [1.82, 2.24) is 0 Å². The van der Waals surface area contributed by atoms with Crippen LogP contribution in [0.15, 0.2) is 11.1 Å². The lowest BCUT2D eigenvalue weighted by Crippen LogP contribution is -1.96. The first-order chi connectivity index (χ1) is 5.46. The Hall–Kier alpha value is -0.260. The number of hydrogen-bond donors (Lipinski definition) is 0. The number of rotatable bonds is 2. The van der Waals surface area contributed by atoms with Crippen LogP contribution in [0.1, 0.15) is 41.5 Å². The molecule has 70 valence electrons. The van der Waals surface area contributed by atoms with Gasteiger partial charge >= 0.3 is 0 Å². The standard InChI is InChI=1S/C12H22/c1-7(2)8(3)9(4)12-10(5)11(12)6/h7,10-12H,1-6H3. The van der Waals surface area contributed by atoms with Crippen LogP contribution in [0.4, 0.5) is 0 Å². The molecule has 0 saturated heterocycles. The maximum Gasteiger partial charge on any atom is -0.0146 e. The quantitative estimate of drug-likeness (QED) is 0.546. The van der Waals surface area contributed by atoms with Crippen molar-refractivity contribution in [1.29, 1.82) is 0 Å². The fourth-order valence-electron chi connectivity index (χ4n) is 2.17. The monoisotopic (exact) mass is 166 g/mol. The van der Waals surface area contributed by atoms with Gasteiger partial charge in [-0.3, -0.25) is 0 Å². The van der Waals surface area contributed by atoms with Crippen LogP contribution in [0.25, 0.3) is 0 Å². The minimum absolute atomic E-state index is 0.727. The molecule has 1 saturated carbocycles. The first-order valence-electron chi connectivity index (χ1n) is 5.14. The molecule has 0 heterocycles. The Morgan fingerprint density at radius 2 is 1.42 bits per heavy atom. The molecule has 0 aliphatic heterocycles. The SMILES string of the molecule is CC(=C(C)C1C(C)C1C)C(C)C. The third kappa shape index (κ3) is 1.57. The van der Waals surface area contributed by atoms with Crippen molar-refractivity contribution in [3.05, 3.63) is 11.1 Å². The van der Waals surface area contributed by atoms with Gasteiger partial charge in [0.15, 0.2) is 0 Å². The van der Waals surface area contributed by atoms with Gasteiger partial charge in [-0.15, -0.1) is 0 Å². The van der Waals surface area contributed by atoms with E-state index in [9.17, 15) is 0 Å². The van der Waals surface area contributed by atoms with Crippen LogP contribution < -0.4 is 0 Å². The maximum atomic E-state index is 2.37. The molecule has 2 atom stereocenters. The summed E-state index contributed by atoms with van der Waals surface area (Å²) in [6, 6.07) is 0. The molecule has 0 aromatic heterocycles. The van der Waals surface area contributed by atoms with E-state index in [-0.39, 0.29) is 0 Å². The minimum Gasteiger partial charge on any atom is -0.0715 e. The molecule has 1 fully saturated rings. The van der Waals surface area contributed by atoms with Gasteiger partial charge in [-0.1, -0.05) is 38.8 Å². The van der Waals surface area contributed by atoms with E-state index in [1.807, 2.05) is 0 Å². The van der Waals surface area contributed by atoms with Crippen molar-refractivity contribution in [3.63, 3.8) is 0 Å². The van der Waals surface area contributed by atoms with Crippen LogP contribution in [0.2, 0.25) is 0 Å². The Bertz CT molecular complexity index is 190. The van der Waals surface area contributed by atoms with Gasteiger partial charge in [0.1, 0.15) is 0 Å². The largest absolute Gasteiger partial charge is 0.0715 e. The molecular formula is C12H22. The third-order valence-corrected chi connectivity index (χ3v) is 3.81. The van der Waals surface area contributed by atoms with Gasteiger partial charge in [0.2, 0.25) is 0 Å². The van der Waals surface area contributed by atoms with Crippen LogP contribution in [0.3, 0.4) is 0 Å². The molecule has 2 unspecified atom stereocenters. The van der Waals surface area contributed by atoms with Gasteiger partial charge in [0, 0.05) is 0 Å². The van der Waals surface area contributed by atoms with Crippen LogP contribution in [-0.4, -0.2) is 0 Å². The Morgan fingerprint density at radius 1 is 1.00 bits per heavy atom. The summed E-state index contributed by atoms with van der Waals surface area (Å²) in [5.74, 6) is 3.48. The summed E-state index contributed by atoms with van der Waals surface area (Å²) in [7, 11) is 0. The lowest BCUT2D eigenvalue weighted by molar-refractivity contribution is 0.723. The maximum absolute atomic E-state index is 2.37. The molecule has 1 aliphatic rings. The predicted octanol–water partition coefficient (Wildman–Crippen LogP) is 3.88. The fraction of sp³-hybridized carbons (Fsp3) is 0.833. The van der Waals surface area contributed by atoms with Crippen molar-refractivity contribution in [2.45, 2.75) is 41.5 Å². The van der Waals surface area contributed by atoms with Crippen molar-refractivity contribution in [2.24, 2.45) is 23.7 Å². The van der Waals surface area contributed by atoms with Gasteiger partial charge < -0.3 is 0 Å². The summed E-state index contributed by atoms with van der Waals surface area (Å²) < 4.78 is 0. The summed E-state index contributed by atoms with van der Waals surface area (Å²) in [5.41, 5.74) is 3.27. The zero-order valence-electron chi connectivity index (χ0n) is 9.31. The van der Waals surface area contributed by atoms with E-state index in [2.05, 4.69) is 41.5 Å². The zero-order valence-corrected chi connectivity index (χ0v) is 9.31. The molecule has 1 rings (SSSR count). The fourth-order valence-corrected chi connectivity index (χ4v) is 2.17. The van der Waals surface area contributed by atoms with Crippen molar-refractivity contribution in [3.8, 4) is 0 Å². The number of allylic oxidation sites excluding steroid dienone is 2. The zero-order chi connectivity index (χ0) is 9.46. The smallest absolute Gasteiger partial charge is 0.0146 e. The van der Waals surface area contributed by atoms with Crippen molar-refractivity contribution < 1.29 is 0 Å². The molecule has 0 spiro atoms. The predicted molar refractivity (Wildman–Crippen MR) is 55.0 cm³/mol. The molecule has 0 amide bonds. The summed E-state index contributed by atoms with van der Waals surface area (Å²) in [4.78, 5) is 0. The second-order valence-corrected chi connectivity index (χ2v) is 4.76. The van der Waals surface area contributed by atoms with E-state index in [1.165, 1.54) is 0 Å². The van der Waals surface area contributed by atoms with Crippen molar-refractivity contribution >= 4 is 0 Å². The second kappa shape index (κ2) is 3.24. The lowest BCUT2D eigenvalue weighted by Gasteiger charge is -2.10. The van der Waals surface area contributed by atoms with Crippen LogP contribution in [0, 0.1) is 23.7 Å². The Balaban J connectivity index is 2.70. The average molecular weight is 166 g/mol. The van der Waals surface area contributed by atoms with E-state index in [0.29, 0.717) is 0 Å². The molecule has 0 radical (unpaired) electrons. The highest BCUT2D eigenvalue weighted by Crippen LogP contribution is 2.51. The molecular weight excluding hydrogens is 144 g/mol. The first kappa shape index (κ1) is 9.83. The highest BCUT2D eigenvalue weighted by Gasteiger charge is 2.44. The van der Waals surface area contributed by atoms with E-state index < -0.39 is 0 Å². The minimum atomic E-state index is 0.727. The van der Waals surface area contributed by atoms with Crippen LogP contribution in [0.5, 0.6) is 0 Å². The summed E-state index contributed by atoms with van der Waals surface area (Å²) >= 11 is 0. The molecule has 0 bridgehead atoms. The average Bonchev–Trinajstić information content (AvgIpc) is 2.57. The third-order valence-electron chi connectivity index (χ3n) is 3.81. The topological polar surface area (TPSA) is 0 Å². The normalized spacial score (nSPS) is 36.8. The Kier molecular flexibility index (Phi) is 2.65. The molecule has 12 heavy (non-hydrogen) atoms. The van der Waals surface area contributed by atoms with Gasteiger partial charge in [-0.05, 0) is 37.5 Å². The van der Waals surface area contributed by atoms with E-state index >= 15 is 0 Å². The molecule has 0 N–H and O–H groups in total. The van der Waals surface area contributed by atoms with Crippen LogP contribution in [-0.2, 0) is 0 Å². The second-order valence-electron chi connectivity index (χ2n) is 4.76. The van der Waals surface area contributed by atoms with Gasteiger partial charge in [-0.25, -0.2) is 0 Å². The van der Waals surface area contributed by atoms with Crippen molar-refractivity contribution in [2.75, 3.05) is 0 Å². The van der Waals surface area contributed by atoms with E-state index in [4.69, 9.17) is 0 Å². The van der Waals surface area contributed by atoms with Gasteiger partial charge in [-0.2, -0.15) is 0 Å². The van der Waals surface area contributed by atoms with Crippen LogP contribution >= 0.6 is 0 Å². The molecule has 0 nitrogen and oxygen atoms in total.